The van der Waals surface area contributed by atoms with Gasteiger partial charge in [0.15, 0.2) is 4.90 Å². The smallest absolute Gasteiger partial charge is 0.258 e. The van der Waals surface area contributed by atoms with Crippen LogP contribution in [0.5, 0.6) is 0 Å². The van der Waals surface area contributed by atoms with Gasteiger partial charge in [-0.15, -0.1) is 0 Å². The van der Waals surface area contributed by atoms with Crippen LogP contribution in [0.2, 0.25) is 0 Å². The van der Waals surface area contributed by atoms with Gasteiger partial charge < -0.3 is 0 Å². The van der Waals surface area contributed by atoms with Crippen LogP contribution in [0.25, 0.3) is 0 Å². The lowest BCUT2D eigenvalue weighted by molar-refractivity contribution is -0.387. The third-order valence-corrected chi connectivity index (χ3v) is 4.15. The van der Waals surface area contributed by atoms with Gasteiger partial charge in [-0.1, -0.05) is 15.9 Å². The molecule has 0 heterocycles. The van der Waals surface area contributed by atoms with E-state index in [2.05, 4.69) is 20.7 Å². The maximum Gasteiger partial charge on any atom is 0.289 e. The average molecular weight is 348 g/mol. The fourth-order valence-corrected chi connectivity index (χ4v) is 3.09. The second-order valence-electron chi connectivity index (χ2n) is 3.53. The molecule has 0 atom stereocenters. The zero-order chi connectivity index (χ0) is 14.5. The van der Waals surface area contributed by atoms with E-state index in [1.807, 2.05) is 6.07 Å². The van der Waals surface area contributed by atoms with Crippen LogP contribution < -0.4 is 4.72 Å². The highest BCUT2D eigenvalue weighted by Crippen LogP contribution is 2.26. The van der Waals surface area contributed by atoms with E-state index in [9.17, 15) is 18.5 Å². The summed E-state index contributed by atoms with van der Waals surface area (Å²) in [7, 11) is -3.97. The summed E-state index contributed by atoms with van der Waals surface area (Å²) in [5.74, 6) is 0. The van der Waals surface area contributed by atoms with E-state index in [1.165, 1.54) is 12.1 Å². The Morgan fingerprint density at radius 3 is 2.74 bits per heavy atom. The molecule has 19 heavy (non-hydrogen) atoms. The van der Waals surface area contributed by atoms with Crippen LogP contribution in [0.1, 0.15) is 12.8 Å². The first kappa shape index (κ1) is 15.6. The van der Waals surface area contributed by atoms with Gasteiger partial charge in [-0.3, -0.25) is 10.1 Å². The molecule has 1 aromatic rings. The van der Waals surface area contributed by atoms with Crippen LogP contribution in [0.15, 0.2) is 27.6 Å². The number of hydrogen-bond acceptors (Lipinski definition) is 5. The monoisotopic (exact) mass is 347 g/mol. The number of rotatable bonds is 6. The highest BCUT2D eigenvalue weighted by atomic mass is 79.9. The van der Waals surface area contributed by atoms with Crippen molar-refractivity contribution in [1.82, 2.24) is 4.72 Å². The normalized spacial score (nSPS) is 10.9. The van der Waals surface area contributed by atoms with Crippen LogP contribution in [-0.2, 0) is 10.0 Å². The Balaban J connectivity index is 3.03. The third kappa shape index (κ3) is 4.27. The standard InChI is InChI=1S/C10H10BrN3O4S/c11-8-3-4-9(14(15)16)10(7-8)19(17,18)13-6-2-1-5-12/h3-4,7,13H,1-2,6H2. The van der Waals surface area contributed by atoms with Crippen molar-refractivity contribution in [3.8, 4) is 6.07 Å². The third-order valence-electron chi connectivity index (χ3n) is 2.17. The Hall–Kier alpha value is -1.50. The fourth-order valence-electron chi connectivity index (χ4n) is 1.31. The summed E-state index contributed by atoms with van der Waals surface area (Å²) in [5, 5.41) is 19.2. The summed E-state index contributed by atoms with van der Waals surface area (Å²) in [6, 6.07) is 5.57. The number of nitriles is 1. The van der Waals surface area contributed by atoms with Gasteiger partial charge >= 0.3 is 0 Å². The molecule has 7 nitrogen and oxygen atoms in total. The van der Waals surface area contributed by atoms with E-state index in [1.54, 1.807) is 0 Å². The van der Waals surface area contributed by atoms with Crippen molar-refractivity contribution in [1.29, 1.82) is 5.26 Å². The molecule has 0 unspecified atom stereocenters. The van der Waals surface area contributed by atoms with Crippen molar-refractivity contribution in [2.75, 3.05) is 6.54 Å². The number of unbranched alkanes of at least 4 members (excludes halogenated alkanes) is 1. The molecule has 0 aliphatic heterocycles. The first-order valence-electron chi connectivity index (χ1n) is 5.19. The summed E-state index contributed by atoms with van der Waals surface area (Å²) >= 11 is 3.07. The van der Waals surface area contributed by atoms with E-state index < -0.39 is 25.5 Å². The molecule has 0 saturated carbocycles. The van der Waals surface area contributed by atoms with Gasteiger partial charge in [0, 0.05) is 23.5 Å². The Morgan fingerprint density at radius 2 is 2.16 bits per heavy atom. The van der Waals surface area contributed by atoms with Crippen LogP contribution in [0.3, 0.4) is 0 Å². The summed E-state index contributed by atoms with van der Waals surface area (Å²) in [6.45, 7) is 0.0551. The highest BCUT2D eigenvalue weighted by molar-refractivity contribution is 9.10. The predicted octanol–water partition coefficient (Wildman–Crippen LogP) is 1.94. The summed E-state index contributed by atoms with van der Waals surface area (Å²) < 4.78 is 26.6. The maximum absolute atomic E-state index is 12.0. The number of benzene rings is 1. The summed E-state index contributed by atoms with van der Waals surface area (Å²) in [4.78, 5) is 9.66. The first-order chi connectivity index (χ1) is 8.88. The average Bonchev–Trinajstić information content (AvgIpc) is 2.34. The lowest BCUT2D eigenvalue weighted by atomic mass is 10.3. The SMILES string of the molecule is N#CCCCNS(=O)(=O)c1cc(Br)ccc1[N+](=O)[O-]. The molecular formula is C10H10BrN3O4S. The van der Waals surface area contributed by atoms with Crippen molar-refractivity contribution in [2.24, 2.45) is 0 Å². The van der Waals surface area contributed by atoms with Gasteiger partial charge in [0.2, 0.25) is 10.0 Å². The molecule has 102 valence electrons. The second kappa shape index (κ2) is 6.60. The number of halogens is 1. The molecule has 0 saturated heterocycles. The van der Waals surface area contributed by atoms with Crippen molar-refractivity contribution >= 4 is 31.6 Å². The molecule has 1 aromatic carbocycles. The Kier molecular flexibility index (Phi) is 5.41. The molecule has 0 aliphatic carbocycles. The second-order valence-corrected chi connectivity index (χ2v) is 6.18. The maximum atomic E-state index is 12.0. The van der Waals surface area contributed by atoms with E-state index >= 15 is 0 Å². The zero-order valence-corrected chi connectivity index (χ0v) is 12.1. The van der Waals surface area contributed by atoms with Crippen LogP contribution >= 0.6 is 15.9 Å². The van der Waals surface area contributed by atoms with Gasteiger partial charge in [-0.25, -0.2) is 13.1 Å². The molecule has 0 aromatic heterocycles. The molecular weight excluding hydrogens is 338 g/mol. The molecule has 0 fully saturated rings. The van der Waals surface area contributed by atoms with Crippen molar-refractivity contribution in [2.45, 2.75) is 17.7 Å². The lowest BCUT2D eigenvalue weighted by Crippen LogP contribution is -2.25. The Bertz CT molecular complexity index is 624. The van der Waals surface area contributed by atoms with Crippen molar-refractivity contribution < 1.29 is 13.3 Å². The van der Waals surface area contributed by atoms with Gasteiger partial charge in [0.25, 0.3) is 5.69 Å². The van der Waals surface area contributed by atoms with Crippen LogP contribution in [0.4, 0.5) is 5.69 Å². The van der Waals surface area contributed by atoms with E-state index in [0.717, 1.165) is 6.07 Å². The molecule has 0 bridgehead atoms. The number of nitrogens with zero attached hydrogens (tertiary/aromatic N) is 2. The highest BCUT2D eigenvalue weighted by Gasteiger charge is 2.25. The summed E-state index contributed by atoms with van der Waals surface area (Å²) in [5.41, 5.74) is -0.490. The number of hydrogen-bond donors (Lipinski definition) is 1. The Labute approximate surface area is 118 Å². The van der Waals surface area contributed by atoms with Gasteiger partial charge in [-0.05, 0) is 18.6 Å². The van der Waals surface area contributed by atoms with Gasteiger partial charge in [0.1, 0.15) is 0 Å². The minimum atomic E-state index is -3.97. The topological polar surface area (TPSA) is 113 Å². The number of nitro benzene ring substituents is 1. The minimum Gasteiger partial charge on any atom is -0.258 e. The van der Waals surface area contributed by atoms with E-state index in [-0.39, 0.29) is 13.0 Å². The lowest BCUT2D eigenvalue weighted by Gasteiger charge is -2.06. The number of sulfonamides is 1. The van der Waals surface area contributed by atoms with Crippen molar-refractivity contribution in [3.05, 3.63) is 32.8 Å². The van der Waals surface area contributed by atoms with E-state index in [4.69, 9.17) is 5.26 Å². The molecule has 9 heteroatoms. The van der Waals surface area contributed by atoms with Gasteiger partial charge in [-0.2, -0.15) is 5.26 Å². The Morgan fingerprint density at radius 1 is 1.47 bits per heavy atom. The molecule has 0 aliphatic rings. The quantitative estimate of drug-likeness (QED) is 0.479. The van der Waals surface area contributed by atoms with Crippen molar-refractivity contribution in [3.63, 3.8) is 0 Å². The zero-order valence-electron chi connectivity index (χ0n) is 9.67. The van der Waals surface area contributed by atoms with Crippen LogP contribution in [-0.4, -0.2) is 19.9 Å². The fraction of sp³-hybridized carbons (Fsp3) is 0.300. The molecule has 0 amide bonds. The van der Waals surface area contributed by atoms with Crippen LogP contribution in [0, 0.1) is 21.4 Å². The minimum absolute atomic E-state index is 0.0551. The van der Waals surface area contributed by atoms with Gasteiger partial charge in [0.05, 0.1) is 11.0 Å². The van der Waals surface area contributed by atoms with E-state index in [0.29, 0.717) is 10.9 Å². The largest absolute Gasteiger partial charge is 0.289 e. The summed E-state index contributed by atoms with van der Waals surface area (Å²) in [6.07, 6.45) is 0.556. The molecule has 1 rings (SSSR count). The molecule has 1 N–H and O–H groups in total. The number of nitrogens with one attached hydrogen (secondary N) is 1. The number of nitro groups is 1. The predicted molar refractivity (Wildman–Crippen MR) is 70.8 cm³/mol. The molecule has 0 radical (unpaired) electrons. The molecule has 0 spiro atoms. The first-order valence-corrected chi connectivity index (χ1v) is 7.46.